The van der Waals surface area contributed by atoms with Crippen LogP contribution >= 0.6 is 0 Å². The topological polar surface area (TPSA) is 33.1 Å². The molecule has 0 aliphatic heterocycles. The first-order valence-corrected chi connectivity index (χ1v) is 4.63. The van der Waals surface area contributed by atoms with Crippen molar-refractivity contribution in [3.63, 3.8) is 0 Å². The van der Waals surface area contributed by atoms with Crippen molar-refractivity contribution in [2.45, 2.75) is 6.42 Å². The van der Waals surface area contributed by atoms with Gasteiger partial charge in [0.2, 0.25) is 0 Å². The number of aromatic nitrogens is 1. The van der Waals surface area contributed by atoms with Gasteiger partial charge in [-0.3, -0.25) is 4.98 Å². The summed E-state index contributed by atoms with van der Waals surface area (Å²) in [6.07, 6.45) is 2.20. The first-order chi connectivity index (χ1) is 7.25. The first-order valence-electron chi connectivity index (χ1n) is 4.63. The lowest BCUT2D eigenvalue weighted by Crippen LogP contribution is -1.92. The monoisotopic (exact) mass is 203 g/mol. The van der Waals surface area contributed by atoms with Crippen LogP contribution in [-0.4, -0.2) is 10.1 Å². The maximum atomic E-state index is 12.7. The molecule has 0 bridgehead atoms. The van der Waals surface area contributed by atoms with E-state index in [0.29, 0.717) is 12.0 Å². The second kappa shape index (κ2) is 4.09. The van der Waals surface area contributed by atoms with Gasteiger partial charge < -0.3 is 5.11 Å². The molecule has 1 aromatic carbocycles. The highest BCUT2D eigenvalue weighted by Gasteiger charge is 2.03. The molecule has 0 spiro atoms. The molecule has 0 unspecified atom stereocenters. The number of halogens is 1. The van der Waals surface area contributed by atoms with E-state index in [0.717, 1.165) is 11.8 Å². The molecule has 1 N–H and O–H groups in total. The predicted octanol–water partition coefficient (Wildman–Crippen LogP) is 2.52. The van der Waals surface area contributed by atoms with Crippen LogP contribution in [-0.2, 0) is 6.42 Å². The van der Waals surface area contributed by atoms with Crippen molar-refractivity contribution < 1.29 is 9.50 Å². The second-order valence-electron chi connectivity index (χ2n) is 3.27. The third-order valence-electron chi connectivity index (χ3n) is 2.15. The SMILES string of the molecule is Oc1cc(F)ccc1Cc1ccccn1. The molecule has 0 fully saturated rings. The number of phenols is 1. The lowest BCUT2D eigenvalue weighted by atomic mass is 10.1. The molecule has 0 saturated heterocycles. The van der Waals surface area contributed by atoms with Gasteiger partial charge in [0.15, 0.2) is 0 Å². The van der Waals surface area contributed by atoms with Crippen LogP contribution in [0, 0.1) is 5.82 Å². The fourth-order valence-corrected chi connectivity index (χ4v) is 1.38. The minimum absolute atomic E-state index is 0.0272. The van der Waals surface area contributed by atoms with E-state index in [-0.39, 0.29) is 5.75 Å². The van der Waals surface area contributed by atoms with E-state index < -0.39 is 5.82 Å². The summed E-state index contributed by atoms with van der Waals surface area (Å²) in [6.45, 7) is 0. The maximum absolute atomic E-state index is 12.7. The number of aromatic hydroxyl groups is 1. The van der Waals surface area contributed by atoms with Crippen molar-refractivity contribution in [1.82, 2.24) is 4.98 Å². The van der Waals surface area contributed by atoms with Gasteiger partial charge in [0.1, 0.15) is 11.6 Å². The molecule has 0 radical (unpaired) electrons. The number of nitrogens with zero attached hydrogens (tertiary/aromatic N) is 1. The van der Waals surface area contributed by atoms with Gasteiger partial charge in [-0.05, 0) is 18.2 Å². The van der Waals surface area contributed by atoms with E-state index >= 15 is 0 Å². The molecule has 0 aliphatic rings. The van der Waals surface area contributed by atoms with Gasteiger partial charge in [-0.15, -0.1) is 0 Å². The van der Waals surface area contributed by atoms with Crippen molar-refractivity contribution >= 4 is 0 Å². The van der Waals surface area contributed by atoms with E-state index in [1.807, 2.05) is 18.2 Å². The molecule has 2 nitrogen and oxygen atoms in total. The molecular weight excluding hydrogens is 193 g/mol. The van der Waals surface area contributed by atoms with Crippen LogP contribution in [0.5, 0.6) is 5.75 Å². The van der Waals surface area contributed by atoms with Gasteiger partial charge in [-0.1, -0.05) is 12.1 Å². The highest BCUT2D eigenvalue weighted by atomic mass is 19.1. The van der Waals surface area contributed by atoms with E-state index in [1.165, 1.54) is 6.07 Å². The quantitative estimate of drug-likeness (QED) is 0.813. The Hall–Kier alpha value is -1.90. The van der Waals surface area contributed by atoms with Crippen molar-refractivity contribution in [2.75, 3.05) is 0 Å². The Bertz CT molecular complexity index is 456. The summed E-state index contributed by atoms with van der Waals surface area (Å²) in [7, 11) is 0. The zero-order valence-electron chi connectivity index (χ0n) is 8.02. The Kier molecular flexibility index (Phi) is 2.63. The Morgan fingerprint density at radius 1 is 1.20 bits per heavy atom. The highest BCUT2D eigenvalue weighted by molar-refractivity contribution is 5.35. The minimum Gasteiger partial charge on any atom is -0.508 e. The molecule has 2 aromatic rings. The van der Waals surface area contributed by atoms with Crippen molar-refractivity contribution in [2.24, 2.45) is 0 Å². The maximum Gasteiger partial charge on any atom is 0.126 e. The number of hydrogen-bond acceptors (Lipinski definition) is 2. The van der Waals surface area contributed by atoms with Gasteiger partial charge >= 0.3 is 0 Å². The summed E-state index contributed by atoms with van der Waals surface area (Å²) in [6, 6.07) is 9.58. The molecular formula is C12H10FNO. The molecule has 0 atom stereocenters. The van der Waals surface area contributed by atoms with Crippen molar-refractivity contribution in [1.29, 1.82) is 0 Å². The number of pyridine rings is 1. The number of benzene rings is 1. The summed E-state index contributed by atoms with van der Waals surface area (Å²) in [5, 5.41) is 9.48. The van der Waals surface area contributed by atoms with Gasteiger partial charge in [0, 0.05) is 29.9 Å². The number of hydrogen-bond donors (Lipinski definition) is 1. The molecule has 1 heterocycles. The molecule has 0 saturated carbocycles. The normalized spacial score (nSPS) is 10.2. The second-order valence-corrected chi connectivity index (χ2v) is 3.27. The van der Waals surface area contributed by atoms with Crippen LogP contribution in [0.25, 0.3) is 0 Å². The summed E-state index contributed by atoms with van der Waals surface area (Å²) in [5.74, 6) is -0.460. The fourth-order valence-electron chi connectivity index (χ4n) is 1.38. The molecule has 0 aliphatic carbocycles. The zero-order chi connectivity index (χ0) is 10.7. The smallest absolute Gasteiger partial charge is 0.126 e. The molecule has 15 heavy (non-hydrogen) atoms. The highest BCUT2D eigenvalue weighted by Crippen LogP contribution is 2.20. The Morgan fingerprint density at radius 2 is 2.07 bits per heavy atom. The molecule has 1 aromatic heterocycles. The van der Waals surface area contributed by atoms with Crippen molar-refractivity contribution in [3.8, 4) is 5.75 Å². The number of rotatable bonds is 2. The summed E-state index contributed by atoms with van der Waals surface area (Å²) >= 11 is 0. The van der Waals surface area contributed by atoms with E-state index in [2.05, 4.69) is 4.98 Å². The van der Waals surface area contributed by atoms with Crippen LogP contribution in [0.1, 0.15) is 11.3 Å². The standard InChI is InChI=1S/C12H10FNO/c13-10-5-4-9(12(15)8-10)7-11-3-1-2-6-14-11/h1-6,8,15H,7H2. The van der Waals surface area contributed by atoms with E-state index in [4.69, 9.17) is 0 Å². The Labute approximate surface area is 87.0 Å². The van der Waals surface area contributed by atoms with Crippen LogP contribution in [0.2, 0.25) is 0 Å². The zero-order valence-corrected chi connectivity index (χ0v) is 8.02. The summed E-state index contributed by atoms with van der Waals surface area (Å²) < 4.78 is 12.7. The molecule has 76 valence electrons. The van der Waals surface area contributed by atoms with Crippen molar-refractivity contribution in [3.05, 3.63) is 59.7 Å². The summed E-state index contributed by atoms with van der Waals surface area (Å²) in [4.78, 5) is 4.13. The average Bonchev–Trinajstić information content (AvgIpc) is 2.24. The predicted molar refractivity (Wildman–Crippen MR) is 55.1 cm³/mol. The fraction of sp³-hybridized carbons (Fsp3) is 0.0833. The van der Waals surface area contributed by atoms with Gasteiger partial charge in [0.05, 0.1) is 0 Å². The van der Waals surface area contributed by atoms with Gasteiger partial charge in [0.25, 0.3) is 0 Å². The number of phenolic OH excluding ortho intramolecular Hbond substituents is 1. The third-order valence-corrected chi connectivity index (χ3v) is 2.15. The third kappa shape index (κ3) is 2.31. The summed E-state index contributed by atoms with van der Waals surface area (Å²) in [5.41, 5.74) is 1.52. The lowest BCUT2D eigenvalue weighted by Gasteiger charge is -2.03. The Morgan fingerprint density at radius 3 is 2.73 bits per heavy atom. The van der Waals surface area contributed by atoms with E-state index in [1.54, 1.807) is 12.3 Å². The van der Waals surface area contributed by atoms with Gasteiger partial charge in [-0.25, -0.2) is 4.39 Å². The molecule has 2 rings (SSSR count). The average molecular weight is 203 g/mol. The van der Waals surface area contributed by atoms with Gasteiger partial charge in [-0.2, -0.15) is 0 Å². The Balaban J connectivity index is 2.25. The van der Waals surface area contributed by atoms with Crippen LogP contribution in [0.4, 0.5) is 4.39 Å². The first kappa shape index (κ1) is 9.65. The van der Waals surface area contributed by atoms with E-state index in [9.17, 15) is 9.50 Å². The molecule has 0 amide bonds. The lowest BCUT2D eigenvalue weighted by molar-refractivity contribution is 0.463. The van der Waals surface area contributed by atoms with Crippen LogP contribution < -0.4 is 0 Å². The molecule has 3 heteroatoms. The van der Waals surface area contributed by atoms with Crippen LogP contribution in [0.15, 0.2) is 42.6 Å². The minimum atomic E-state index is -0.433. The van der Waals surface area contributed by atoms with Crippen LogP contribution in [0.3, 0.4) is 0 Å². The largest absolute Gasteiger partial charge is 0.508 e.